The van der Waals surface area contributed by atoms with Crippen molar-refractivity contribution in [3.05, 3.63) is 94.5 Å². The van der Waals surface area contributed by atoms with Crippen LogP contribution in [0.15, 0.2) is 72.8 Å². The van der Waals surface area contributed by atoms with Gasteiger partial charge in [0.25, 0.3) is 0 Å². The Balaban J connectivity index is 1.69. The Kier molecular flexibility index (Phi) is 7.43. The van der Waals surface area contributed by atoms with E-state index in [1.54, 1.807) is 0 Å². The van der Waals surface area contributed by atoms with Crippen molar-refractivity contribution in [2.24, 2.45) is 0 Å². The van der Waals surface area contributed by atoms with Crippen molar-refractivity contribution in [1.82, 2.24) is 9.88 Å². The monoisotopic (exact) mass is 477 g/mol. The van der Waals surface area contributed by atoms with Crippen LogP contribution >= 0.6 is 22.9 Å². The van der Waals surface area contributed by atoms with Gasteiger partial charge in [0.15, 0.2) is 5.13 Å². The summed E-state index contributed by atoms with van der Waals surface area (Å²) in [5.74, 6) is 0.0460. The van der Waals surface area contributed by atoms with Gasteiger partial charge in [0.1, 0.15) is 0 Å². The van der Waals surface area contributed by atoms with Crippen molar-refractivity contribution in [2.45, 2.75) is 19.3 Å². The van der Waals surface area contributed by atoms with Gasteiger partial charge in [0, 0.05) is 30.5 Å². The molecule has 4 aromatic rings. The molecule has 3 aromatic carbocycles. The first-order valence-electron chi connectivity index (χ1n) is 11.0. The average Bonchev–Trinajstić information content (AvgIpc) is 3.22. The fourth-order valence-electron chi connectivity index (χ4n) is 3.97. The van der Waals surface area contributed by atoms with Crippen LogP contribution in [0.1, 0.15) is 29.0 Å². The minimum atomic E-state index is -0.0210. The van der Waals surface area contributed by atoms with Gasteiger partial charge in [-0.05, 0) is 49.8 Å². The van der Waals surface area contributed by atoms with Gasteiger partial charge in [-0.3, -0.25) is 9.69 Å². The molecule has 1 aromatic heterocycles. The van der Waals surface area contributed by atoms with E-state index < -0.39 is 0 Å². The maximum Gasteiger partial charge on any atom is 0.229 e. The molecule has 0 unspecified atom stereocenters. The normalized spacial score (nSPS) is 11.5. The molecule has 0 aliphatic rings. The molecule has 0 N–H and O–H groups in total. The number of anilines is 1. The number of aromatic nitrogens is 1. The summed E-state index contributed by atoms with van der Waals surface area (Å²) >= 11 is 7.80. The lowest BCUT2D eigenvalue weighted by Crippen LogP contribution is -2.37. The Bertz CT molecular complexity index is 1180. The fourth-order valence-corrected chi connectivity index (χ4v) is 5.43. The summed E-state index contributed by atoms with van der Waals surface area (Å²) < 4.78 is 1.00. The summed E-state index contributed by atoms with van der Waals surface area (Å²) in [5.41, 5.74) is 4.20. The number of carbonyl (C=O) groups excluding carboxylic acids is 1. The third-order valence-electron chi connectivity index (χ3n) is 5.72. The Morgan fingerprint density at radius 1 is 0.970 bits per heavy atom. The lowest BCUT2D eigenvalue weighted by molar-refractivity contribution is -0.118. The molecule has 1 heterocycles. The molecule has 1 amide bonds. The second kappa shape index (κ2) is 10.5. The molecule has 0 aliphatic carbocycles. The number of benzene rings is 3. The Morgan fingerprint density at radius 3 is 2.15 bits per heavy atom. The summed E-state index contributed by atoms with van der Waals surface area (Å²) in [6.07, 6.45) is 0.372. The number of amides is 1. The first kappa shape index (κ1) is 23.4. The minimum Gasteiger partial charge on any atom is -0.308 e. The molecule has 0 saturated heterocycles. The highest BCUT2D eigenvalue weighted by Gasteiger charge is 2.25. The average molecular weight is 478 g/mol. The van der Waals surface area contributed by atoms with Crippen LogP contribution in [-0.4, -0.2) is 43.0 Å². The van der Waals surface area contributed by atoms with Crippen LogP contribution in [0.5, 0.6) is 0 Å². The second-order valence-electron chi connectivity index (χ2n) is 8.49. The molecule has 0 atom stereocenters. The van der Waals surface area contributed by atoms with Gasteiger partial charge >= 0.3 is 0 Å². The zero-order valence-electron chi connectivity index (χ0n) is 19.2. The quantitative estimate of drug-likeness (QED) is 0.295. The number of carbonyl (C=O) groups is 1. The van der Waals surface area contributed by atoms with Crippen LogP contribution in [0, 0.1) is 6.92 Å². The number of hydrogen-bond donors (Lipinski definition) is 0. The second-order valence-corrected chi connectivity index (χ2v) is 9.94. The van der Waals surface area contributed by atoms with Gasteiger partial charge in [0.05, 0.1) is 10.2 Å². The lowest BCUT2D eigenvalue weighted by atomic mass is 9.88. The molecular weight excluding hydrogens is 450 g/mol. The van der Waals surface area contributed by atoms with Crippen LogP contribution in [0.25, 0.3) is 10.2 Å². The summed E-state index contributed by atoms with van der Waals surface area (Å²) in [6, 6.07) is 24.3. The molecule has 0 bridgehead atoms. The number of halogens is 1. The summed E-state index contributed by atoms with van der Waals surface area (Å²) in [7, 11) is 4.03. The van der Waals surface area contributed by atoms with Gasteiger partial charge in [-0.1, -0.05) is 83.6 Å². The summed E-state index contributed by atoms with van der Waals surface area (Å²) in [5, 5.41) is 1.41. The third-order valence-corrected chi connectivity index (χ3v) is 6.97. The molecular formula is C27H28ClN3OS. The van der Waals surface area contributed by atoms with E-state index in [0.29, 0.717) is 18.0 Å². The van der Waals surface area contributed by atoms with Crippen molar-refractivity contribution in [3.63, 3.8) is 0 Å². The van der Waals surface area contributed by atoms with Crippen molar-refractivity contribution in [2.75, 3.05) is 32.1 Å². The van der Waals surface area contributed by atoms with Gasteiger partial charge in [-0.2, -0.15) is 0 Å². The number of likely N-dealkylation sites (N-methyl/N-ethyl adjacent to an activating group) is 1. The van der Waals surface area contributed by atoms with Gasteiger partial charge in [0.2, 0.25) is 5.91 Å². The SMILES string of the molecule is Cc1cc(Cl)cc2sc(N(CCN(C)C)C(=O)CC(c3ccccc3)c3ccccc3)nc12. The lowest BCUT2D eigenvalue weighted by Gasteiger charge is -2.25. The Hall–Kier alpha value is -2.73. The molecule has 0 radical (unpaired) electrons. The first-order valence-corrected chi connectivity index (χ1v) is 12.2. The van der Waals surface area contributed by atoms with E-state index in [1.165, 1.54) is 11.3 Å². The highest BCUT2D eigenvalue weighted by Crippen LogP contribution is 2.35. The summed E-state index contributed by atoms with van der Waals surface area (Å²) in [4.78, 5) is 22.6. The molecule has 4 rings (SSSR count). The molecule has 33 heavy (non-hydrogen) atoms. The van der Waals surface area contributed by atoms with Gasteiger partial charge in [-0.15, -0.1) is 0 Å². The number of thiazole rings is 1. The van der Waals surface area contributed by atoms with Gasteiger partial charge < -0.3 is 4.90 Å². The topological polar surface area (TPSA) is 36.4 Å². The number of nitrogens with zero attached hydrogens (tertiary/aromatic N) is 3. The Labute approximate surface area is 204 Å². The Morgan fingerprint density at radius 2 is 1.58 bits per heavy atom. The van der Waals surface area contributed by atoms with E-state index in [1.807, 2.05) is 74.4 Å². The van der Waals surface area contributed by atoms with Crippen LogP contribution in [0.3, 0.4) is 0 Å². The molecule has 0 fully saturated rings. The number of hydrogen-bond acceptors (Lipinski definition) is 4. The van der Waals surface area contributed by atoms with E-state index in [-0.39, 0.29) is 11.8 Å². The minimum absolute atomic E-state index is 0.0210. The predicted octanol–water partition coefficient (Wildman–Crippen LogP) is 6.37. The molecule has 6 heteroatoms. The highest BCUT2D eigenvalue weighted by atomic mass is 35.5. The van der Waals surface area contributed by atoms with Crippen LogP contribution in [0.4, 0.5) is 5.13 Å². The van der Waals surface area contributed by atoms with Gasteiger partial charge in [-0.25, -0.2) is 4.98 Å². The van der Waals surface area contributed by atoms with E-state index in [4.69, 9.17) is 16.6 Å². The maximum absolute atomic E-state index is 13.8. The zero-order valence-corrected chi connectivity index (χ0v) is 20.7. The maximum atomic E-state index is 13.8. The van der Waals surface area contributed by atoms with Crippen molar-refractivity contribution in [3.8, 4) is 0 Å². The number of aryl methyl sites for hydroxylation is 1. The van der Waals surface area contributed by atoms with Crippen molar-refractivity contribution in [1.29, 1.82) is 0 Å². The first-order chi connectivity index (χ1) is 15.9. The number of rotatable bonds is 8. The largest absolute Gasteiger partial charge is 0.308 e. The smallest absolute Gasteiger partial charge is 0.229 e. The molecule has 170 valence electrons. The molecule has 0 aliphatic heterocycles. The van der Waals surface area contributed by atoms with Crippen molar-refractivity contribution < 1.29 is 4.79 Å². The molecule has 0 saturated carbocycles. The standard InChI is InChI=1S/C27H28ClN3OS/c1-19-16-22(28)17-24-26(19)29-27(33-24)31(15-14-30(2)3)25(32)18-23(20-10-6-4-7-11-20)21-12-8-5-9-13-21/h4-13,16-17,23H,14-15,18H2,1-3H3. The van der Waals surface area contributed by atoms with E-state index >= 15 is 0 Å². The predicted molar refractivity (Wildman–Crippen MR) is 140 cm³/mol. The number of fused-ring (bicyclic) bond motifs is 1. The summed E-state index contributed by atoms with van der Waals surface area (Å²) in [6.45, 7) is 3.34. The third kappa shape index (κ3) is 5.61. The molecule has 0 spiro atoms. The van der Waals surface area contributed by atoms with Crippen LogP contribution in [0.2, 0.25) is 5.02 Å². The van der Waals surface area contributed by atoms with E-state index in [9.17, 15) is 4.79 Å². The fraction of sp³-hybridized carbons (Fsp3) is 0.259. The van der Waals surface area contributed by atoms with Crippen molar-refractivity contribution >= 4 is 44.2 Å². The highest BCUT2D eigenvalue weighted by molar-refractivity contribution is 7.22. The van der Waals surface area contributed by atoms with Crippen LogP contribution < -0.4 is 4.90 Å². The van der Waals surface area contributed by atoms with Crippen LogP contribution in [-0.2, 0) is 4.79 Å². The van der Waals surface area contributed by atoms with E-state index in [0.717, 1.165) is 38.6 Å². The van der Waals surface area contributed by atoms with E-state index in [2.05, 4.69) is 29.2 Å². The zero-order chi connectivity index (χ0) is 23.4. The molecule has 4 nitrogen and oxygen atoms in total.